The average Bonchev–Trinajstić information content (AvgIpc) is 2.72. The first-order chi connectivity index (χ1) is 13.9. The molecule has 1 aliphatic rings. The molecule has 0 atom stereocenters. The van der Waals surface area contributed by atoms with Gasteiger partial charge in [0.15, 0.2) is 0 Å². The maximum Gasteiger partial charge on any atom is 0.243 e. The Labute approximate surface area is 172 Å². The number of likely N-dealkylation sites (N-methyl/N-ethyl adjacent to an activating group) is 1. The van der Waals surface area contributed by atoms with Crippen LogP contribution >= 0.6 is 0 Å². The molecule has 2 aromatic carbocycles. The molecule has 3 rings (SSSR count). The molecule has 1 heterocycles. The van der Waals surface area contributed by atoms with E-state index in [0.29, 0.717) is 51.3 Å². The van der Waals surface area contributed by atoms with Gasteiger partial charge in [-0.3, -0.25) is 4.79 Å². The van der Waals surface area contributed by atoms with Crippen molar-refractivity contribution < 1.29 is 17.9 Å². The first-order valence-electron chi connectivity index (χ1n) is 9.71. The number of amides is 1. The Balaban J connectivity index is 1.51. The van der Waals surface area contributed by atoms with E-state index in [4.69, 9.17) is 4.74 Å². The maximum absolute atomic E-state index is 12.9. The summed E-state index contributed by atoms with van der Waals surface area (Å²) in [5.41, 5.74) is 0.481. The van der Waals surface area contributed by atoms with Crippen LogP contribution in [-0.4, -0.2) is 63.4 Å². The topological polar surface area (TPSA) is 79.0 Å². The molecule has 0 bridgehead atoms. The quantitative estimate of drug-likeness (QED) is 0.668. The molecule has 1 amide bonds. The van der Waals surface area contributed by atoms with Crippen LogP contribution in [0.25, 0.3) is 0 Å². The van der Waals surface area contributed by atoms with E-state index >= 15 is 0 Å². The van der Waals surface area contributed by atoms with Gasteiger partial charge in [0.2, 0.25) is 15.9 Å². The number of hydrogen-bond acceptors (Lipinski definition) is 5. The molecule has 1 aliphatic heterocycles. The van der Waals surface area contributed by atoms with Crippen LogP contribution < -0.4 is 10.1 Å². The van der Waals surface area contributed by atoms with E-state index in [-0.39, 0.29) is 10.8 Å². The van der Waals surface area contributed by atoms with E-state index in [1.54, 1.807) is 18.2 Å². The molecule has 1 fully saturated rings. The number of piperazine rings is 1. The summed E-state index contributed by atoms with van der Waals surface area (Å²) in [5.74, 6) is 0.602. The van der Waals surface area contributed by atoms with Crippen molar-refractivity contribution in [1.82, 2.24) is 9.21 Å². The van der Waals surface area contributed by atoms with Gasteiger partial charge in [0.05, 0.1) is 11.5 Å². The van der Waals surface area contributed by atoms with Crippen LogP contribution in [0.4, 0.5) is 5.69 Å². The van der Waals surface area contributed by atoms with Crippen molar-refractivity contribution in [2.24, 2.45) is 0 Å². The summed E-state index contributed by atoms with van der Waals surface area (Å²) in [6.07, 6.45) is 0.863. The molecule has 0 unspecified atom stereocenters. The molecular weight excluding hydrogens is 390 g/mol. The number of nitrogens with zero attached hydrogens (tertiary/aromatic N) is 2. The Kier molecular flexibility index (Phi) is 7.24. The molecule has 7 nitrogen and oxygen atoms in total. The summed E-state index contributed by atoms with van der Waals surface area (Å²) < 4.78 is 32.8. The number of hydrogen-bond donors (Lipinski definition) is 1. The number of nitrogens with one attached hydrogen (secondary N) is 1. The highest BCUT2D eigenvalue weighted by Gasteiger charge is 2.27. The number of benzene rings is 2. The van der Waals surface area contributed by atoms with Gasteiger partial charge < -0.3 is 15.0 Å². The summed E-state index contributed by atoms with van der Waals surface area (Å²) in [7, 11) is -1.58. The van der Waals surface area contributed by atoms with Gasteiger partial charge in [-0.2, -0.15) is 4.31 Å². The Morgan fingerprint density at radius 2 is 1.76 bits per heavy atom. The Bertz CT molecular complexity index is 911. The van der Waals surface area contributed by atoms with Gasteiger partial charge in [-0.15, -0.1) is 0 Å². The molecule has 0 aliphatic carbocycles. The normalized spacial score (nSPS) is 15.8. The second-order valence-electron chi connectivity index (χ2n) is 7.05. The number of carbonyl (C=O) groups excluding carboxylic acids is 1. The maximum atomic E-state index is 12.9. The van der Waals surface area contributed by atoms with E-state index in [1.807, 2.05) is 37.4 Å². The third kappa shape index (κ3) is 6.03. The minimum Gasteiger partial charge on any atom is -0.494 e. The monoisotopic (exact) mass is 417 g/mol. The van der Waals surface area contributed by atoms with Crippen LogP contribution in [0.3, 0.4) is 0 Å². The molecule has 0 aromatic heterocycles. The number of anilines is 1. The second kappa shape index (κ2) is 9.87. The van der Waals surface area contributed by atoms with Gasteiger partial charge in [-0.05, 0) is 43.8 Å². The van der Waals surface area contributed by atoms with Crippen LogP contribution in [0, 0.1) is 0 Å². The zero-order valence-corrected chi connectivity index (χ0v) is 17.4. The lowest BCUT2D eigenvalue weighted by molar-refractivity contribution is -0.116. The van der Waals surface area contributed by atoms with Gasteiger partial charge in [0.1, 0.15) is 5.75 Å². The van der Waals surface area contributed by atoms with Gasteiger partial charge in [0, 0.05) is 38.3 Å². The predicted octanol–water partition coefficient (Wildman–Crippen LogP) is 2.42. The number of para-hydroxylation sites is 1. The molecule has 8 heteroatoms. The lowest BCUT2D eigenvalue weighted by Gasteiger charge is -2.31. The van der Waals surface area contributed by atoms with Crippen molar-refractivity contribution in [2.45, 2.75) is 17.7 Å². The highest BCUT2D eigenvalue weighted by molar-refractivity contribution is 7.89. The minimum atomic E-state index is -3.56. The zero-order chi connectivity index (χ0) is 20.7. The largest absolute Gasteiger partial charge is 0.494 e. The minimum absolute atomic E-state index is 0.171. The smallest absolute Gasteiger partial charge is 0.243 e. The molecule has 2 aromatic rings. The number of rotatable bonds is 8. The fourth-order valence-corrected chi connectivity index (χ4v) is 4.54. The predicted molar refractivity (Wildman–Crippen MR) is 112 cm³/mol. The molecule has 1 N–H and O–H groups in total. The van der Waals surface area contributed by atoms with Gasteiger partial charge in [-0.1, -0.05) is 24.3 Å². The lowest BCUT2D eigenvalue weighted by Crippen LogP contribution is -2.47. The van der Waals surface area contributed by atoms with Crippen molar-refractivity contribution in [3.63, 3.8) is 0 Å². The summed E-state index contributed by atoms with van der Waals surface area (Å²) >= 11 is 0. The Morgan fingerprint density at radius 3 is 2.48 bits per heavy atom. The van der Waals surface area contributed by atoms with Crippen LogP contribution in [0.1, 0.15) is 12.8 Å². The van der Waals surface area contributed by atoms with Crippen LogP contribution in [0.15, 0.2) is 59.5 Å². The fourth-order valence-electron chi connectivity index (χ4n) is 3.07. The summed E-state index contributed by atoms with van der Waals surface area (Å²) in [4.78, 5) is 14.5. The van der Waals surface area contributed by atoms with Gasteiger partial charge in [0.25, 0.3) is 0 Å². The van der Waals surface area contributed by atoms with Gasteiger partial charge >= 0.3 is 0 Å². The zero-order valence-electron chi connectivity index (χ0n) is 16.6. The highest BCUT2D eigenvalue weighted by atomic mass is 32.2. The highest BCUT2D eigenvalue weighted by Crippen LogP contribution is 2.21. The van der Waals surface area contributed by atoms with Crippen LogP contribution in [0.5, 0.6) is 5.75 Å². The van der Waals surface area contributed by atoms with E-state index in [2.05, 4.69) is 10.2 Å². The van der Waals surface area contributed by atoms with Crippen molar-refractivity contribution >= 4 is 21.6 Å². The van der Waals surface area contributed by atoms with Crippen molar-refractivity contribution in [3.8, 4) is 5.75 Å². The van der Waals surface area contributed by atoms with Crippen molar-refractivity contribution in [3.05, 3.63) is 54.6 Å². The second-order valence-corrected chi connectivity index (χ2v) is 8.99. The van der Waals surface area contributed by atoms with Crippen LogP contribution in [0.2, 0.25) is 0 Å². The fraction of sp³-hybridized carbons (Fsp3) is 0.381. The van der Waals surface area contributed by atoms with E-state index in [0.717, 1.165) is 5.75 Å². The summed E-state index contributed by atoms with van der Waals surface area (Å²) in [6, 6.07) is 15.9. The van der Waals surface area contributed by atoms with E-state index in [9.17, 15) is 13.2 Å². The third-order valence-electron chi connectivity index (χ3n) is 4.78. The summed E-state index contributed by atoms with van der Waals surface area (Å²) in [6.45, 7) is 2.80. The van der Waals surface area contributed by atoms with Crippen molar-refractivity contribution in [1.29, 1.82) is 0 Å². The molecular formula is C21H27N3O4S. The SMILES string of the molecule is CN1CCN(S(=O)(=O)c2cccc(NC(=O)CCCOc3ccccc3)c2)CC1. The lowest BCUT2D eigenvalue weighted by atomic mass is 10.2. The molecule has 156 valence electrons. The molecule has 0 saturated carbocycles. The Morgan fingerprint density at radius 1 is 1.03 bits per heavy atom. The average molecular weight is 418 g/mol. The van der Waals surface area contributed by atoms with Gasteiger partial charge in [-0.25, -0.2) is 8.42 Å². The van der Waals surface area contributed by atoms with E-state index in [1.165, 1.54) is 10.4 Å². The Hall–Kier alpha value is -2.42. The molecule has 29 heavy (non-hydrogen) atoms. The third-order valence-corrected chi connectivity index (χ3v) is 6.67. The molecule has 0 radical (unpaired) electrons. The number of sulfonamides is 1. The molecule has 1 saturated heterocycles. The summed E-state index contributed by atoms with van der Waals surface area (Å²) in [5, 5.41) is 2.78. The van der Waals surface area contributed by atoms with Crippen LogP contribution in [-0.2, 0) is 14.8 Å². The first-order valence-corrected chi connectivity index (χ1v) is 11.2. The molecule has 0 spiro atoms. The van der Waals surface area contributed by atoms with E-state index < -0.39 is 10.0 Å². The van der Waals surface area contributed by atoms with Crippen molar-refractivity contribution in [2.75, 3.05) is 45.2 Å². The standard InChI is InChI=1S/C21H27N3O4S/c1-23-12-14-24(15-13-23)29(26,27)20-10-5-7-18(17-20)22-21(25)11-6-16-28-19-8-3-2-4-9-19/h2-5,7-10,17H,6,11-16H2,1H3,(H,22,25). The number of carbonyl (C=O) groups is 1. The first kappa shape index (κ1) is 21.3. The number of ether oxygens (including phenoxy) is 1.